The summed E-state index contributed by atoms with van der Waals surface area (Å²) in [4.78, 5) is 11.8. The van der Waals surface area contributed by atoms with Gasteiger partial charge in [-0.3, -0.25) is 0 Å². The lowest BCUT2D eigenvalue weighted by molar-refractivity contribution is 0.415. The predicted octanol–water partition coefficient (Wildman–Crippen LogP) is 5.20. The molecule has 6 heteroatoms. The molecule has 0 aliphatic carbocycles. The summed E-state index contributed by atoms with van der Waals surface area (Å²) in [7, 11) is 1.66. The van der Waals surface area contributed by atoms with E-state index < -0.39 is 0 Å². The maximum absolute atomic E-state index is 6.15. The third-order valence-electron chi connectivity index (χ3n) is 3.79. The number of benzene rings is 1. The van der Waals surface area contributed by atoms with Crippen molar-refractivity contribution in [1.29, 1.82) is 0 Å². The summed E-state index contributed by atoms with van der Waals surface area (Å²) < 4.78 is 5.25. The van der Waals surface area contributed by atoms with Crippen molar-refractivity contribution in [3.05, 3.63) is 60.2 Å². The molecule has 0 radical (unpaired) electrons. The summed E-state index contributed by atoms with van der Waals surface area (Å²) in [5.41, 5.74) is 2.16. The van der Waals surface area contributed by atoms with E-state index in [1.165, 1.54) is 0 Å². The lowest BCUT2D eigenvalue weighted by atomic mass is 10.1. The van der Waals surface area contributed by atoms with Gasteiger partial charge in [-0.25, -0.2) is 4.98 Å². The largest absolute Gasteiger partial charge is 0.497 e. The minimum atomic E-state index is 0.240. The van der Waals surface area contributed by atoms with Crippen LogP contribution < -0.4 is 9.64 Å². The van der Waals surface area contributed by atoms with Crippen molar-refractivity contribution >= 4 is 39.0 Å². The number of methoxy groups -OCH3 is 1. The van der Waals surface area contributed by atoms with Crippen LogP contribution in [-0.2, 0) is 0 Å². The Morgan fingerprint density at radius 3 is 2.44 bits per heavy atom. The van der Waals surface area contributed by atoms with Gasteiger partial charge >= 0.3 is 0 Å². The molecule has 0 aliphatic heterocycles. The molecule has 0 fully saturated rings. The molecular weight excluding hydrogens is 354 g/mol. The Hall–Kier alpha value is -2.37. The van der Waals surface area contributed by atoms with E-state index >= 15 is 0 Å². The van der Waals surface area contributed by atoms with Gasteiger partial charge in [0.05, 0.1) is 12.5 Å². The molecule has 0 aliphatic rings. The SMILES string of the molecule is C=CCN(CC=C)c1nc(Cl)nc2scc(-c3ccc(OC)cc3)c12. The van der Waals surface area contributed by atoms with Crippen LogP contribution in [-0.4, -0.2) is 30.2 Å². The normalized spacial score (nSPS) is 10.6. The average Bonchev–Trinajstić information content (AvgIpc) is 3.04. The average molecular weight is 372 g/mol. The second-order valence-electron chi connectivity index (χ2n) is 5.36. The number of fused-ring (bicyclic) bond motifs is 1. The second kappa shape index (κ2) is 7.68. The summed E-state index contributed by atoms with van der Waals surface area (Å²) in [5, 5.41) is 3.31. The van der Waals surface area contributed by atoms with Crippen LogP contribution in [0.2, 0.25) is 5.28 Å². The maximum atomic E-state index is 6.15. The first-order chi connectivity index (χ1) is 12.2. The fourth-order valence-corrected chi connectivity index (χ4v) is 3.83. The minimum Gasteiger partial charge on any atom is -0.497 e. The third kappa shape index (κ3) is 3.52. The molecule has 3 aromatic rings. The number of nitrogens with zero attached hydrogens (tertiary/aromatic N) is 3. The van der Waals surface area contributed by atoms with Gasteiger partial charge in [0.1, 0.15) is 16.4 Å². The minimum absolute atomic E-state index is 0.240. The summed E-state index contributed by atoms with van der Waals surface area (Å²) >= 11 is 7.71. The Bertz CT molecular complexity index is 895. The number of hydrogen-bond donors (Lipinski definition) is 0. The monoisotopic (exact) mass is 371 g/mol. The molecule has 0 atom stereocenters. The van der Waals surface area contributed by atoms with Crippen molar-refractivity contribution in [3.63, 3.8) is 0 Å². The van der Waals surface area contributed by atoms with Gasteiger partial charge in [-0.1, -0.05) is 24.3 Å². The molecule has 25 heavy (non-hydrogen) atoms. The van der Waals surface area contributed by atoms with E-state index in [4.69, 9.17) is 16.3 Å². The van der Waals surface area contributed by atoms with Gasteiger partial charge < -0.3 is 9.64 Å². The highest BCUT2D eigenvalue weighted by Crippen LogP contribution is 2.39. The Balaban J connectivity index is 2.20. The van der Waals surface area contributed by atoms with Crippen molar-refractivity contribution in [1.82, 2.24) is 9.97 Å². The topological polar surface area (TPSA) is 38.2 Å². The summed E-state index contributed by atoms with van der Waals surface area (Å²) in [6.07, 6.45) is 3.68. The number of hydrogen-bond acceptors (Lipinski definition) is 5. The molecule has 2 aromatic heterocycles. The van der Waals surface area contributed by atoms with Gasteiger partial charge in [0.2, 0.25) is 5.28 Å². The van der Waals surface area contributed by atoms with E-state index in [2.05, 4.69) is 33.4 Å². The molecule has 1 aromatic carbocycles. The quantitative estimate of drug-likeness (QED) is 0.422. The summed E-state index contributed by atoms with van der Waals surface area (Å²) in [5.74, 6) is 1.62. The third-order valence-corrected chi connectivity index (χ3v) is 4.83. The van der Waals surface area contributed by atoms with E-state index in [0.717, 1.165) is 32.9 Å². The van der Waals surface area contributed by atoms with E-state index in [-0.39, 0.29) is 5.28 Å². The smallest absolute Gasteiger partial charge is 0.225 e. The summed E-state index contributed by atoms with van der Waals surface area (Å²) in [6.45, 7) is 8.96. The zero-order valence-electron chi connectivity index (χ0n) is 13.9. The molecular formula is C19H18ClN3OS. The van der Waals surface area contributed by atoms with E-state index in [1.807, 2.05) is 36.4 Å². The van der Waals surface area contributed by atoms with Gasteiger partial charge in [0, 0.05) is 24.0 Å². The molecule has 0 unspecified atom stereocenters. The lowest BCUT2D eigenvalue weighted by Crippen LogP contribution is -2.24. The fourth-order valence-electron chi connectivity index (χ4n) is 2.67. The van der Waals surface area contributed by atoms with Crippen LogP contribution in [0.4, 0.5) is 5.82 Å². The number of aromatic nitrogens is 2. The highest BCUT2D eigenvalue weighted by molar-refractivity contribution is 7.17. The Kier molecular flexibility index (Phi) is 5.36. The maximum Gasteiger partial charge on any atom is 0.225 e. The molecule has 0 bridgehead atoms. The van der Waals surface area contributed by atoms with Gasteiger partial charge in [0.25, 0.3) is 0 Å². The van der Waals surface area contributed by atoms with Gasteiger partial charge in [-0.15, -0.1) is 24.5 Å². The van der Waals surface area contributed by atoms with Crippen LogP contribution in [0, 0.1) is 0 Å². The van der Waals surface area contributed by atoms with Crippen LogP contribution in [0.5, 0.6) is 5.75 Å². The highest BCUT2D eigenvalue weighted by Gasteiger charge is 2.18. The number of thiophene rings is 1. The first-order valence-corrected chi connectivity index (χ1v) is 8.99. The standard InChI is InChI=1S/C19H18ClN3OS/c1-4-10-23(11-5-2)17-16-15(12-25-18(16)22-19(20)21-17)13-6-8-14(24-3)9-7-13/h4-9,12H,1-2,10-11H2,3H3. The molecule has 128 valence electrons. The first-order valence-electron chi connectivity index (χ1n) is 7.73. The van der Waals surface area contributed by atoms with Crippen LogP contribution >= 0.6 is 22.9 Å². The van der Waals surface area contributed by atoms with Gasteiger partial charge in [0.15, 0.2) is 0 Å². The zero-order valence-corrected chi connectivity index (χ0v) is 15.5. The van der Waals surface area contributed by atoms with Crippen molar-refractivity contribution < 1.29 is 4.74 Å². The number of rotatable bonds is 7. The molecule has 0 N–H and O–H groups in total. The molecule has 2 heterocycles. The van der Waals surface area contributed by atoms with Crippen molar-refractivity contribution in [2.24, 2.45) is 0 Å². The highest BCUT2D eigenvalue weighted by atomic mass is 35.5. The number of ether oxygens (including phenoxy) is 1. The molecule has 0 spiro atoms. The Labute approximate surface area is 156 Å². The molecule has 3 rings (SSSR count). The Morgan fingerprint density at radius 1 is 1.16 bits per heavy atom. The second-order valence-corrected chi connectivity index (χ2v) is 6.55. The van der Waals surface area contributed by atoms with Crippen molar-refractivity contribution in [2.75, 3.05) is 25.1 Å². The first kappa shape index (κ1) is 17.5. The van der Waals surface area contributed by atoms with Crippen LogP contribution in [0.1, 0.15) is 0 Å². The summed E-state index contributed by atoms with van der Waals surface area (Å²) in [6, 6.07) is 7.95. The van der Waals surface area contributed by atoms with Crippen molar-refractivity contribution in [2.45, 2.75) is 0 Å². The van der Waals surface area contributed by atoms with Crippen LogP contribution in [0.3, 0.4) is 0 Å². The fraction of sp³-hybridized carbons (Fsp3) is 0.158. The predicted molar refractivity (Wildman–Crippen MR) is 107 cm³/mol. The molecule has 0 saturated heterocycles. The molecule has 0 saturated carbocycles. The molecule has 0 amide bonds. The van der Waals surface area contributed by atoms with E-state index in [9.17, 15) is 0 Å². The van der Waals surface area contributed by atoms with E-state index in [1.54, 1.807) is 18.4 Å². The van der Waals surface area contributed by atoms with Crippen LogP contribution in [0.15, 0.2) is 55.0 Å². The molecule has 4 nitrogen and oxygen atoms in total. The van der Waals surface area contributed by atoms with Gasteiger partial charge in [-0.05, 0) is 29.3 Å². The zero-order chi connectivity index (χ0) is 17.8. The Morgan fingerprint density at radius 2 is 1.84 bits per heavy atom. The number of anilines is 1. The van der Waals surface area contributed by atoms with Gasteiger partial charge in [-0.2, -0.15) is 4.98 Å². The number of halogens is 1. The van der Waals surface area contributed by atoms with E-state index in [0.29, 0.717) is 13.1 Å². The van der Waals surface area contributed by atoms with Crippen LogP contribution in [0.25, 0.3) is 21.3 Å². The lowest BCUT2D eigenvalue weighted by Gasteiger charge is -2.21. The van der Waals surface area contributed by atoms with Crippen molar-refractivity contribution in [3.8, 4) is 16.9 Å².